The summed E-state index contributed by atoms with van der Waals surface area (Å²) in [6.07, 6.45) is 7.35. The topological polar surface area (TPSA) is 222 Å². The maximum Gasteiger partial charge on any atom is 0.318 e. The Kier molecular flexibility index (Phi) is 16.5. The number of carbonyl (C=O) groups excluding carboxylic acids is 3. The number of hydrogen-bond donors (Lipinski definition) is 13. The van der Waals surface area contributed by atoms with Crippen LogP contribution in [0.25, 0.3) is 6.08 Å². The maximum atomic E-state index is 13.3. The molecule has 9 atom stereocenters. The molecule has 0 radical (unpaired) electrons. The van der Waals surface area contributed by atoms with Crippen LogP contribution in [0.2, 0.25) is 0 Å². The van der Waals surface area contributed by atoms with Crippen LogP contribution in [0.1, 0.15) is 87.6 Å². The fourth-order valence-corrected chi connectivity index (χ4v) is 8.51. The molecule has 0 spiro atoms. The van der Waals surface area contributed by atoms with Gasteiger partial charge in [0.1, 0.15) is 12.6 Å². The lowest BCUT2D eigenvalue weighted by atomic mass is 9.85. The van der Waals surface area contributed by atoms with E-state index in [-0.39, 0.29) is 73.6 Å². The van der Waals surface area contributed by atoms with Crippen LogP contribution in [-0.2, 0) is 30.6 Å². The van der Waals surface area contributed by atoms with Gasteiger partial charge in [0.05, 0.1) is 24.9 Å². The molecule has 3 aliphatic heterocycles. The fraction of sp³-hybridized carbons (Fsp3) is 0.605. The third-order valence-corrected chi connectivity index (χ3v) is 11.8. The molecule has 5 amide bonds. The molecule has 16 nitrogen and oxygen atoms in total. The van der Waals surface area contributed by atoms with E-state index in [1.165, 1.54) is 16.7 Å². The minimum atomic E-state index is -0.384. The second-order valence-corrected chi connectivity index (χ2v) is 16.9. The predicted octanol–water partition coefficient (Wildman–Crippen LogP) is 1.05. The first-order chi connectivity index (χ1) is 28.5. The van der Waals surface area contributed by atoms with E-state index < -0.39 is 0 Å². The lowest BCUT2D eigenvalue weighted by molar-refractivity contribution is -0.120. The van der Waals surface area contributed by atoms with Gasteiger partial charge in [-0.25, -0.2) is 9.59 Å². The number of hydrogen-bond acceptors (Lipinski definition) is 11. The van der Waals surface area contributed by atoms with Gasteiger partial charge in [0, 0.05) is 37.6 Å². The summed E-state index contributed by atoms with van der Waals surface area (Å²) in [5.74, 6) is 0.278. The van der Waals surface area contributed by atoms with E-state index in [0.29, 0.717) is 32.0 Å². The Balaban J connectivity index is 0.916. The molecule has 324 valence electrons. The smallest absolute Gasteiger partial charge is 0.318 e. The van der Waals surface area contributed by atoms with Gasteiger partial charge in [-0.05, 0) is 113 Å². The number of carbonyl (C=O) groups is 3. The van der Waals surface area contributed by atoms with Gasteiger partial charge < -0.3 is 43.0 Å². The average Bonchev–Trinajstić information content (AvgIpc) is 3.17. The molecule has 0 saturated carbocycles. The quantitative estimate of drug-likeness (QED) is 0.114. The molecule has 0 aromatic heterocycles. The van der Waals surface area contributed by atoms with Gasteiger partial charge in [0.2, 0.25) is 5.91 Å². The van der Waals surface area contributed by atoms with E-state index in [1.807, 2.05) is 18.2 Å². The molecular weight excluding hydrogens is 747 g/mol. The molecule has 0 bridgehead atoms. The third kappa shape index (κ3) is 14.0. The molecule has 2 aromatic rings. The summed E-state index contributed by atoms with van der Waals surface area (Å²) in [5.41, 5.74) is 12.6. The van der Waals surface area contributed by atoms with Crippen molar-refractivity contribution in [2.24, 2.45) is 11.7 Å². The third-order valence-electron chi connectivity index (χ3n) is 11.8. The van der Waals surface area contributed by atoms with E-state index in [2.05, 4.69) is 122 Å². The van der Waals surface area contributed by atoms with Crippen molar-refractivity contribution in [3.8, 4) is 0 Å². The summed E-state index contributed by atoms with van der Waals surface area (Å²) in [5, 5.41) is 39.6. The zero-order chi connectivity index (χ0) is 41.7. The zero-order valence-electron chi connectivity index (χ0n) is 35.3. The number of fused-ring (bicyclic) bond motifs is 2. The van der Waals surface area contributed by atoms with Crippen LogP contribution in [0.15, 0.2) is 48.0 Å². The number of nitrogens with one attached hydrogen (secondary N) is 12. The second-order valence-electron chi connectivity index (χ2n) is 16.9. The predicted molar refractivity (Wildman–Crippen MR) is 232 cm³/mol. The van der Waals surface area contributed by atoms with Crippen molar-refractivity contribution in [1.29, 1.82) is 0 Å². The molecular formula is C43H69N13O3. The highest BCUT2D eigenvalue weighted by Crippen LogP contribution is 2.27. The van der Waals surface area contributed by atoms with Crippen molar-refractivity contribution in [3.63, 3.8) is 0 Å². The second kappa shape index (κ2) is 21.9. The first kappa shape index (κ1) is 44.4. The lowest BCUT2D eigenvalue weighted by Gasteiger charge is -2.37. The van der Waals surface area contributed by atoms with Crippen molar-refractivity contribution in [3.05, 3.63) is 75.9 Å². The van der Waals surface area contributed by atoms with Gasteiger partial charge in [-0.2, -0.15) is 0 Å². The number of benzene rings is 2. The Labute approximate surface area is 350 Å². The standard InChI is InChI=1S/C43H69N13O3/c1-26-17-32-12-11-30(21-34(32)23-35(18-27(26)2)51-42(58)55-40-49-28(3)19-36(52-40)45-14-7-13-44)22-39(57)47-16-8-15-46-37-20-29(4)50-41(53-37)56-43(59)54-38-24-31-9-5-6-10-33(31)25-48-38/h5-6,9-12,17,21,27-29,35-38,40-41,45-46,48-50,52-53H,7-8,13-16,18-20,22-25,44H2,1-4H3,(H,47,57)(H2,51,55,58)(H2,54,56,59). The van der Waals surface area contributed by atoms with Crippen molar-refractivity contribution >= 4 is 24.0 Å². The van der Waals surface area contributed by atoms with Crippen LogP contribution in [0.3, 0.4) is 0 Å². The molecule has 59 heavy (non-hydrogen) atoms. The van der Waals surface area contributed by atoms with Crippen LogP contribution in [0, 0.1) is 5.92 Å². The highest BCUT2D eigenvalue weighted by atomic mass is 16.2. The minimum Gasteiger partial charge on any atom is -0.356 e. The van der Waals surface area contributed by atoms with Crippen LogP contribution >= 0.6 is 0 Å². The normalized spacial score (nSPS) is 28.1. The molecule has 14 N–H and O–H groups in total. The SMILES string of the molecule is CC1=Cc2ccc(CC(=O)NCCCNC3CC(C)NC(NC(=O)NC4Cc5ccccc5CN4)N3)cc2CC(NC(=O)NC2NC(C)CC(NCCCN)N2)CC1C. The van der Waals surface area contributed by atoms with Crippen molar-refractivity contribution in [2.75, 3.05) is 26.2 Å². The zero-order valence-corrected chi connectivity index (χ0v) is 35.3. The summed E-state index contributed by atoms with van der Waals surface area (Å²) in [4.78, 5) is 39.2. The summed E-state index contributed by atoms with van der Waals surface area (Å²) < 4.78 is 0. The first-order valence-corrected chi connectivity index (χ1v) is 21.7. The van der Waals surface area contributed by atoms with Crippen molar-refractivity contribution < 1.29 is 14.4 Å². The fourth-order valence-electron chi connectivity index (χ4n) is 8.51. The summed E-state index contributed by atoms with van der Waals surface area (Å²) in [7, 11) is 0. The highest BCUT2D eigenvalue weighted by Gasteiger charge is 2.29. The number of rotatable bonds is 15. The van der Waals surface area contributed by atoms with Gasteiger partial charge in [0.25, 0.3) is 0 Å². The summed E-state index contributed by atoms with van der Waals surface area (Å²) in [6, 6.07) is 14.4. The molecule has 2 saturated heterocycles. The molecule has 2 aromatic carbocycles. The summed E-state index contributed by atoms with van der Waals surface area (Å²) in [6.45, 7) is 12.0. The Morgan fingerprint density at radius 3 is 2.07 bits per heavy atom. The molecule has 16 heteroatoms. The van der Waals surface area contributed by atoms with E-state index in [9.17, 15) is 14.4 Å². The minimum absolute atomic E-state index is 0.00583. The number of amides is 5. The molecule has 9 unspecified atom stereocenters. The summed E-state index contributed by atoms with van der Waals surface area (Å²) >= 11 is 0. The van der Waals surface area contributed by atoms with Crippen LogP contribution in [0.4, 0.5) is 9.59 Å². The number of urea groups is 2. The molecule has 1 aliphatic carbocycles. The lowest BCUT2D eigenvalue weighted by Crippen LogP contribution is -2.69. The van der Waals surface area contributed by atoms with Crippen LogP contribution in [-0.4, -0.2) is 93.4 Å². The Hall–Kier alpha value is -4.13. The van der Waals surface area contributed by atoms with Gasteiger partial charge in [-0.15, -0.1) is 0 Å². The number of nitrogens with two attached hydrogens (primary N) is 1. The van der Waals surface area contributed by atoms with E-state index in [0.717, 1.165) is 68.3 Å². The van der Waals surface area contributed by atoms with Crippen LogP contribution < -0.4 is 69.5 Å². The molecule has 2 fully saturated rings. The highest BCUT2D eigenvalue weighted by molar-refractivity contribution is 5.79. The van der Waals surface area contributed by atoms with Crippen molar-refractivity contribution in [2.45, 2.75) is 135 Å². The van der Waals surface area contributed by atoms with Crippen LogP contribution in [0.5, 0.6) is 0 Å². The molecule has 6 rings (SSSR count). The van der Waals surface area contributed by atoms with Gasteiger partial charge in [-0.1, -0.05) is 61.0 Å². The Bertz CT molecular complexity index is 1740. The van der Waals surface area contributed by atoms with E-state index in [4.69, 9.17) is 5.73 Å². The van der Waals surface area contributed by atoms with E-state index >= 15 is 0 Å². The van der Waals surface area contributed by atoms with Gasteiger partial charge in [-0.3, -0.25) is 31.4 Å². The molecule has 3 heterocycles. The molecule has 4 aliphatic rings. The largest absolute Gasteiger partial charge is 0.356 e. The van der Waals surface area contributed by atoms with Gasteiger partial charge >= 0.3 is 12.1 Å². The monoisotopic (exact) mass is 816 g/mol. The number of allylic oxidation sites excluding steroid dienone is 1. The Morgan fingerprint density at radius 2 is 1.37 bits per heavy atom. The van der Waals surface area contributed by atoms with Crippen molar-refractivity contribution in [1.82, 2.24) is 63.8 Å². The maximum absolute atomic E-state index is 13.3. The van der Waals surface area contributed by atoms with Gasteiger partial charge in [0.15, 0.2) is 0 Å². The van der Waals surface area contributed by atoms with E-state index in [1.54, 1.807) is 0 Å². The average molecular weight is 816 g/mol. The Morgan fingerprint density at radius 1 is 0.712 bits per heavy atom. The first-order valence-electron chi connectivity index (χ1n) is 21.7.